The average Bonchev–Trinajstić information content (AvgIpc) is 3.19. The lowest BCUT2D eigenvalue weighted by Crippen LogP contribution is -2.37. The molecule has 0 saturated carbocycles. The molecule has 1 unspecified atom stereocenters. The van der Waals surface area contributed by atoms with Crippen molar-refractivity contribution in [3.05, 3.63) is 71.3 Å². The molecule has 0 radical (unpaired) electrons. The highest BCUT2D eigenvalue weighted by atomic mass is 16.5. The molecular weight excluding hydrogens is 342 g/mol. The van der Waals surface area contributed by atoms with E-state index in [0.717, 1.165) is 25.0 Å². The number of carboxylic acids is 1. The van der Waals surface area contributed by atoms with Crippen molar-refractivity contribution >= 4 is 11.9 Å². The van der Waals surface area contributed by atoms with E-state index in [1.54, 1.807) is 24.3 Å². The maximum absolute atomic E-state index is 12.9. The normalized spacial score (nSPS) is 16.2. The lowest BCUT2D eigenvalue weighted by molar-refractivity contribution is -0.133. The van der Waals surface area contributed by atoms with Crippen molar-refractivity contribution in [3.63, 3.8) is 0 Å². The van der Waals surface area contributed by atoms with E-state index in [1.165, 1.54) is 0 Å². The Labute approximate surface area is 159 Å². The summed E-state index contributed by atoms with van der Waals surface area (Å²) in [7, 11) is 0. The summed E-state index contributed by atoms with van der Waals surface area (Å²) in [5.74, 6) is -0.937. The molecule has 5 nitrogen and oxygen atoms in total. The van der Waals surface area contributed by atoms with E-state index in [1.807, 2.05) is 35.2 Å². The second-order valence-electron chi connectivity index (χ2n) is 6.86. The van der Waals surface area contributed by atoms with Crippen LogP contribution in [0.25, 0.3) is 0 Å². The lowest BCUT2D eigenvalue weighted by Gasteiger charge is -2.26. The van der Waals surface area contributed by atoms with Gasteiger partial charge in [0.25, 0.3) is 0 Å². The Hall–Kier alpha value is -2.66. The first-order valence-corrected chi connectivity index (χ1v) is 9.38. The van der Waals surface area contributed by atoms with Gasteiger partial charge in [0.2, 0.25) is 5.91 Å². The molecule has 0 aromatic heterocycles. The van der Waals surface area contributed by atoms with Gasteiger partial charge in [-0.15, -0.1) is 0 Å². The maximum Gasteiger partial charge on any atom is 0.335 e. The number of ether oxygens (including phenoxy) is 1. The zero-order valence-electron chi connectivity index (χ0n) is 15.3. The maximum atomic E-state index is 12.9. The second-order valence-corrected chi connectivity index (χ2v) is 6.86. The fourth-order valence-electron chi connectivity index (χ4n) is 3.44. The summed E-state index contributed by atoms with van der Waals surface area (Å²) in [5, 5.41) is 9.31. The lowest BCUT2D eigenvalue weighted by atomic mass is 10.0. The standard InChI is InChI=1S/C22H25NO4/c24-21(13-12-18-9-4-5-11-20(18)22(25)26)23(16-19-10-6-14-27-19)15-17-7-2-1-3-8-17/h1-5,7-9,11,19H,6,10,12-16H2,(H,25,26). The molecule has 1 N–H and O–H groups in total. The zero-order chi connectivity index (χ0) is 19.1. The summed E-state index contributed by atoms with van der Waals surface area (Å²) in [5.41, 5.74) is 2.03. The first-order chi connectivity index (χ1) is 13.1. The molecule has 27 heavy (non-hydrogen) atoms. The van der Waals surface area contributed by atoms with Crippen molar-refractivity contribution in [2.45, 2.75) is 38.3 Å². The Balaban J connectivity index is 1.67. The topological polar surface area (TPSA) is 66.8 Å². The van der Waals surface area contributed by atoms with Crippen LogP contribution in [0, 0.1) is 0 Å². The van der Waals surface area contributed by atoms with Crippen LogP contribution in [0.5, 0.6) is 0 Å². The Morgan fingerprint density at radius 3 is 2.52 bits per heavy atom. The number of amides is 1. The molecule has 1 fully saturated rings. The van der Waals surface area contributed by atoms with E-state index in [0.29, 0.717) is 25.1 Å². The van der Waals surface area contributed by atoms with Gasteiger partial charge in [-0.05, 0) is 36.5 Å². The highest BCUT2D eigenvalue weighted by Crippen LogP contribution is 2.17. The van der Waals surface area contributed by atoms with Crippen molar-refractivity contribution in [2.75, 3.05) is 13.2 Å². The van der Waals surface area contributed by atoms with Crippen molar-refractivity contribution < 1.29 is 19.4 Å². The Morgan fingerprint density at radius 1 is 1.07 bits per heavy atom. The second kappa shape index (κ2) is 9.33. The number of carbonyl (C=O) groups is 2. The number of hydrogen-bond acceptors (Lipinski definition) is 3. The van der Waals surface area contributed by atoms with Gasteiger partial charge < -0.3 is 14.7 Å². The molecule has 0 bridgehead atoms. The molecular formula is C22H25NO4. The van der Waals surface area contributed by atoms with Crippen molar-refractivity contribution in [2.24, 2.45) is 0 Å². The fraction of sp³-hybridized carbons (Fsp3) is 0.364. The molecule has 142 valence electrons. The predicted octanol–water partition coefficient (Wildman–Crippen LogP) is 3.53. The molecule has 0 aliphatic carbocycles. The molecule has 2 aromatic carbocycles. The SMILES string of the molecule is O=C(O)c1ccccc1CCC(=O)N(Cc1ccccc1)CC1CCCO1. The summed E-state index contributed by atoms with van der Waals surface area (Å²) in [6.07, 6.45) is 2.79. The molecule has 3 rings (SSSR count). The van der Waals surface area contributed by atoms with E-state index in [4.69, 9.17) is 4.74 Å². The molecule has 0 spiro atoms. The minimum absolute atomic E-state index is 0.0227. The first-order valence-electron chi connectivity index (χ1n) is 9.38. The smallest absolute Gasteiger partial charge is 0.335 e. The molecule has 5 heteroatoms. The van der Waals surface area contributed by atoms with Gasteiger partial charge in [-0.2, -0.15) is 0 Å². The Bertz CT molecular complexity index is 769. The van der Waals surface area contributed by atoms with Gasteiger partial charge in [0.15, 0.2) is 0 Å². The van der Waals surface area contributed by atoms with Crippen LogP contribution in [0.4, 0.5) is 0 Å². The van der Waals surface area contributed by atoms with Gasteiger partial charge in [0.1, 0.15) is 0 Å². The fourth-order valence-corrected chi connectivity index (χ4v) is 3.44. The third kappa shape index (κ3) is 5.41. The number of aryl methyl sites for hydroxylation is 1. The average molecular weight is 367 g/mol. The first kappa shape index (κ1) is 19.1. The minimum Gasteiger partial charge on any atom is -0.478 e. The number of aromatic carboxylic acids is 1. The molecule has 1 amide bonds. The highest BCUT2D eigenvalue weighted by Gasteiger charge is 2.23. The van der Waals surface area contributed by atoms with E-state index >= 15 is 0 Å². The van der Waals surface area contributed by atoms with Crippen LogP contribution in [0.15, 0.2) is 54.6 Å². The predicted molar refractivity (Wildman–Crippen MR) is 103 cm³/mol. The van der Waals surface area contributed by atoms with E-state index < -0.39 is 5.97 Å². The summed E-state index contributed by atoms with van der Waals surface area (Å²) in [6.45, 7) is 1.87. The number of nitrogens with zero attached hydrogens (tertiary/aromatic N) is 1. The van der Waals surface area contributed by atoms with Crippen molar-refractivity contribution in [3.8, 4) is 0 Å². The van der Waals surface area contributed by atoms with E-state index in [-0.39, 0.29) is 24.0 Å². The molecule has 1 heterocycles. The number of carboxylic acid groups (broad SMARTS) is 1. The van der Waals surface area contributed by atoms with Gasteiger partial charge in [-0.1, -0.05) is 48.5 Å². The van der Waals surface area contributed by atoms with Gasteiger partial charge in [-0.25, -0.2) is 4.79 Å². The molecule has 1 saturated heterocycles. The van der Waals surface area contributed by atoms with Crippen LogP contribution in [-0.4, -0.2) is 41.1 Å². The number of hydrogen-bond donors (Lipinski definition) is 1. The van der Waals surface area contributed by atoms with E-state index in [9.17, 15) is 14.7 Å². The number of carbonyl (C=O) groups excluding carboxylic acids is 1. The van der Waals surface area contributed by atoms with Gasteiger partial charge >= 0.3 is 5.97 Å². The van der Waals surface area contributed by atoms with Crippen molar-refractivity contribution in [1.29, 1.82) is 0 Å². The van der Waals surface area contributed by atoms with E-state index in [2.05, 4.69) is 0 Å². The van der Waals surface area contributed by atoms with Crippen LogP contribution in [-0.2, 0) is 22.5 Å². The van der Waals surface area contributed by atoms with Crippen LogP contribution in [0.2, 0.25) is 0 Å². The largest absolute Gasteiger partial charge is 0.478 e. The summed E-state index contributed by atoms with van der Waals surface area (Å²) >= 11 is 0. The molecule has 1 aliphatic heterocycles. The van der Waals surface area contributed by atoms with Gasteiger partial charge in [0, 0.05) is 26.1 Å². The minimum atomic E-state index is -0.960. The van der Waals surface area contributed by atoms with Crippen LogP contribution in [0.1, 0.15) is 40.7 Å². The summed E-state index contributed by atoms with van der Waals surface area (Å²) < 4.78 is 5.71. The van der Waals surface area contributed by atoms with Gasteiger partial charge in [-0.3, -0.25) is 4.79 Å². The van der Waals surface area contributed by atoms with Gasteiger partial charge in [0.05, 0.1) is 11.7 Å². The molecule has 1 aliphatic rings. The Morgan fingerprint density at radius 2 is 1.81 bits per heavy atom. The molecule has 2 aromatic rings. The summed E-state index contributed by atoms with van der Waals surface area (Å²) in [4.78, 5) is 26.1. The van der Waals surface area contributed by atoms with Crippen LogP contribution >= 0.6 is 0 Å². The zero-order valence-corrected chi connectivity index (χ0v) is 15.3. The quantitative estimate of drug-likeness (QED) is 0.775. The molecule has 1 atom stereocenters. The highest BCUT2D eigenvalue weighted by molar-refractivity contribution is 5.89. The monoisotopic (exact) mass is 367 g/mol. The van der Waals surface area contributed by atoms with Crippen LogP contribution < -0.4 is 0 Å². The number of rotatable bonds is 8. The summed E-state index contributed by atoms with van der Waals surface area (Å²) in [6, 6.07) is 16.8. The third-order valence-corrected chi connectivity index (χ3v) is 4.87. The number of benzene rings is 2. The van der Waals surface area contributed by atoms with Crippen molar-refractivity contribution in [1.82, 2.24) is 4.90 Å². The third-order valence-electron chi connectivity index (χ3n) is 4.87. The van der Waals surface area contributed by atoms with Crippen LogP contribution in [0.3, 0.4) is 0 Å². The Kier molecular flexibility index (Phi) is 6.60.